The highest BCUT2D eigenvalue weighted by Crippen LogP contribution is 2.26. The number of benzene rings is 1. The van der Waals surface area contributed by atoms with E-state index in [1.54, 1.807) is 0 Å². The fourth-order valence-corrected chi connectivity index (χ4v) is 3.17. The maximum atomic E-state index is 4.14. The molecular formula is C17H23N3. The van der Waals surface area contributed by atoms with Gasteiger partial charge in [0.15, 0.2) is 0 Å². The summed E-state index contributed by atoms with van der Waals surface area (Å²) in [5, 5.41) is 7.29. The van der Waals surface area contributed by atoms with Crippen molar-refractivity contribution >= 4 is 5.82 Å². The van der Waals surface area contributed by atoms with Crippen LogP contribution in [0, 0.1) is 0 Å². The monoisotopic (exact) mass is 269 g/mol. The number of aromatic amines is 1. The van der Waals surface area contributed by atoms with Crippen molar-refractivity contribution in [3.05, 3.63) is 48.2 Å². The Balaban J connectivity index is 1.80. The summed E-state index contributed by atoms with van der Waals surface area (Å²) in [5.74, 6) is 1.15. The highest BCUT2D eigenvalue weighted by atomic mass is 15.3. The van der Waals surface area contributed by atoms with Gasteiger partial charge in [0.25, 0.3) is 0 Å². The Morgan fingerprint density at radius 3 is 2.40 bits per heavy atom. The van der Waals surface area contributed by atoms with Gasteiger partial charge >= 0.3 is 0 Å². The summed E-state index contributed by atoms with van der Waals surface area (Å²) in [6.07, 6.45) is 9.92. The van der Waals surface area contributed by atoms with Crippen LogP contribution in [0.1, 0.15) is 44.1 Å². The van der Waals surface area contributed by atoms with E-state index in [0.29, 0.717) is 6.04 Å². The van der Waals surface area contributed by atoms with Crippen LogP contribution >= 0.6 is 0 Å². The molecular weight excluding hydrogens is 246 g/mol. The third kappa shape index (κ3) is 3.21. The highest BCUT2D eigenvalue weighted by Gasteiger charge is 2.21. The van der Waals surface area contributed by atoms with Crippen molar-refractivity contribution < 1.29 is 0 Å². The van der Waals surface area contributed by atoms with Crippen molar-refractivity contribution in [2.45, 2.75) is 51.1 Å². The summed E-state index contributed by atoms with van der Waals surface area (Å²) >= 11 is 0. The molecule has 0 bridgehead atoms. The van der Waals surface area contributed by atoms with Crippen LogP contribution in [0.3, 0.4) is 0 Å². The van der Waals surface area contributed by atoms with Crippen LogP contribution in [0.2, 0.25) is 0 Å². The van der Waals surface area contributed by atoms with Crippen molar-refractivity contribution in [3.8, 4) is 0 Å². The molecule has 0 aliphatic heterocycles. The van der Waals surface area contributed by atoms with Crippen LogP contribution in [0.15, 0.2) is 42.6 Å². The van der Waals surface area contributed by atoms with Crippen molar-refractivity contribution in [1.29, 1.82) is 0 Å². The zero-order valence-electron chi connectivity index (χ0n) is 12.0. The minimum absolute atomic E-state index is 0.637. The molecule has 1 aliphatic carbocycles. The van der Waals surface area contributed by atoms with Gasteiger partial charge in [-0.1, -0.05) is 56.0 Å². The molecule has 1 fully saturated rings. The molecule has 1 aliphatic rings. The minimum atomic E-state index is 0.637. The maximum Gasteiger partial charge on any atom is 0.124 e. The minimum Gasteiger partial charge on any atom is -0.350 e. The predicted octanol–water partition coefficient (Wildman–Crippen LogP) is 4.14. The maximum absolute atomic E-state index is 4.14. The third-order valence-corrected chi connectivity index (χ3v) is 4.26. The molecule has 1 N–H and O–H groups in total. The first-order valence-electron chi connectivity index (χ1n) is 7.73. The molecule has 1 aromatic heterocycles. The first-order chi connectivity index (χ1) is 9.93. The van der Waals surface area contributed by atoms with E-state index in [2.05, 4.69) is 51.5 Å². The van der Waals surface area contributed by atoms with E-state index in [1.165, 1.54) is 44.1 Å². The summed E-state index contributed by atoms with van der Waals surface area (Å²) in [7, 11) is 0. The first kappa shape index (κ1) is 13.2. The number of rotatable bonds is 4. The van der Waals surface area contributed by atoms with E-state index >= 15 is 0 Å². The Labute approximate surface area is 121 Å². The zero-order valence-corrected chi connectivity index (χ0v) is 12.0. The van der Waals surface area contributed by atoms with Gasteiger partial charge in [0.2, 0.25) is 0 Å². The average Bonchev–Trinajstić information content (AvgIpc) is 2.88. The molecule has 0 unspecified atom stereocenters. The molecule has 2 aromatic rings. The second-order valence-corrected chi connectivity index (χ2v) is 5.70. The second-order valence-electron chi connectivity index (χ2n) is 5.70. The quantitative estimate of drug-likeness (QED) is 0.846. The molecule has 0 amide bonds. The summed E-state index contributed by atoms with van der Waals surface area (Å²) in [6.45, 7) is 0.966. The van der Waals surface area contributed by atoms with Crippen molar-refractivity contribution in [1.82, 2.24) is 10.2 Å². The third-order valence-electron chi connectivity index (χ3n) is 4.26. The lowest BCUT2D eigenvalue weighted by molar-refractivity contribution is 0.518. The molecule has 0 saturated heterocycles. The highest BCUT2D eigenvalue weighted by molar-refractivity contribution is 5.39. The van der Waals surface area contributed by atoms with E-state index in [4.69, 9.17) is 0 Å². The van der Waals surface area contributed by atoms with E-state index in [-0.39, 0.29) is 0 Å². The van der Waals surface area contributed by atoms with Gasteiger partial charge in [0.05, 0.1) is 6.20 Å². The fourth-order valence-electron chi connectivity index (χ4n) is 3.17. The van der Waals surface area contributed by atoms with Gasteiger partial charge in [-0.3, -0.25) is 5.10 Å². The molecule has 0 radical (unpaired) electrons. The largest absolute Gasteiger partial charge is 0.350 e. The van der Waals surface area contributed by atoms with Gasteiger partial charge in [-0.2, -0.15) is 5.10 Å². The summed E-state index contributed by atoms with van der Waals surface area (Å²) < 4.78 is 0. The van der Waals surface area contributed by atoms with Crippen molar-refractivity contribution in [3.63, 3.8) is 0 Å². The van der Waals surface area contributed by atoms with Gasteiger partial charge in [-0.15, -0.1) is 0 Å². The molecule has 3 heteroatoms. The number of hydrogen-bond donors (Lipinski definition) is 1. The van der Waals surface area contributed by atoms with E-state index < -0.39 is 0 Å². The molecule has 0 spiro atoms. The Morgan fingerprint density at radius 2 is 1.75 bits per heavy atom. The van der Waals surface area contributed by atoms with Gasteiger partial charge in [0, 0.05) is 18.7 Å². The van der Waals surface area contributed by atoms with Gasteiger partial charge in [0.1, 0.15) is 5.82 Å². The molecule has 1 heterocycles. The molecule has 1 aromatic carbocycles. The fraction of sp³-hybridized carbons (Fsp3) is 0.471. The van der Waals surface area contributed by atoms with Gasteiger partial charge in [-0.05, 0) is 18.4 Å². The Morgan fingerprint density at radius 1 is 1.00 bits per heavy atom. The summed E-state index contributed by atoms with van der Waals surface area (Å²) in [6, 6.07) is 13.5. The van der Waals surface area contributed by atoms with Gasteiger partial charge < -0.3 is 4.90 Å². The number of H-pyrrole nitrogens is 1. The first-order valence-corrected chi connectivity index (χ1v) is 7.73. The van der Waals surface area contributed by atoms with Crippen LogP contribution in [-0.2, 0) is 6.54 Å². The summed E-state index contributed by atoms with van der Waals surface area (Å²) in [4.78, 5) is 2.51. The number of nitrogens with one attached hydrogen (secondary N) is 1. The Kier molecular flexibility index (Phi) is 4.36. The molecule has 3 nitrogen and oxygen atoms in total. The molecule has 106 valence electrons. The van der Waals surface area contributed by atoms with Gasteiger partial charge in [-0.25, -0.2) is 0 Å². The molecule has 3 rings (SSSR count). The Bertz CT molecular complexity index is 484. The van der Waals surface area contributed by atoms with E-state index in [9.17, 15) is 0 Å². The van der Waals surface area contributed by atoms with Crippen molar-refractivity contribution in [2.24, 2.45) is 0 Å². The smallest absolute Gasteiger partial charge is 0.124 e. The predicted molar refractivity (Wildman–Crippen MR) is 82.7 cm³/mol. The lowest BCUT2D eigenvalue weighted by atomic mass is 10.1. The second kappa shape index (κ2) is 6.60. The lowest BCUT2D eigenvalue weighted by Crippen LogP contribution is -2.34. The topological polar surface area (TPSA) is 31.9 Å². The number of anilines is 1. The molecule has 20 heavy (non-hydrogen) atoms. The lowest BCUT2D eigenvalue weighted by Gasteiger charge is -2.32. The van der Waals surface area contributed by atoms with E-state index in [0.717, 1.165) is 12.4 Å². The van der Waals surface area contributed by atoms with Crippen LogP contribution in [0.4, 0.5) is 5.82 Å². The summed E-state index contributed by atoms with van der Waals surface area (Å²) in [5.41, 5.74) is 1.37. The van der Waals surface area contributed by atoms with Crippen molar-refractivity contribution in [2.75, 3.05) is 4.90 Å². The number of nitrogens with zero attached hydrogens (tertiary/aromatic N) is 2. The Hall–Kier alpha value is -1.77. The molecule has 0 atom stereocenters. The van der Waals surface area contributed by atoms with Crippen LogP contribution in [-0.4, -0.2) is 16.2 Å². The zero-order chi connectivity index (χ0) is 13.6. The van der Waals surface area contributed by atoms with E-state index in [1.807, 2.05) is 6.20 Å². The van der Waals surface area contributed by atoms with Crippen LogP contribution < -0.4 is 4.90 Å². The normalized spacial score (nSPS) is 16.8. The molecule has 1 saturated carbocycles. The standard InChI is InChI=1S/C17H23N3/c1-2-7-11-16(10-6-1)20(17-12-13-18-19-17)14-15-8-4-3-5-9-15/h3-5,8-9,12-13,16H,1-2,6-7,10-11,14H2,(H,18,19). The van der Waals surface area contributed by atoms with Crippen LogP contribution in [0.25, 0.3) is 0 Å². The number of hydrogen-bond acceptors (Lipinski definition) is 2. The SMILES string of the molecule is c1ccc(CN(c2ccn[nH]2)C2CCCCCC2)cc1. The number of aromatic nitrogens is 2. The van der Waals surface area contributed by atoms with Crippen LogP contribution in [0.5, 0.6) is 0 Å². The average molecular weight is 269 g/mol.